The van der Waals surface area contributed by atoms with Crippen LogP contribution in [0.15, 0.2) is 72.2 Å². The molecule has 5 rings (SSSR count). The van der Waals surface area contributed by atoms with Crippen LogP contribution in [0.4, 0.5) is 32.3 Å². The van der Waals surface area contributed by atoms with Gasteiger partial charge in [-0.1, -0.05) is 30.3 Å². The molecule has 242 valence electrons. The number of carbonyl (C=O) groups is 2. The summed E-state index contributed by atoms with van der Waals surface area (Å²) in [6.45, 7) is 0.882. The van der Waals surface area contributed by atoms with Crippen molar-refractivity contribution in [2.45, 2.75) is 24.9 Å². The summed E-state index contributed by atoms with van der Waals surface area (Å²) < 4.78 is 85.8. The number of benzene rings is 2. The average molecular weight is 648 g/mol. The Hall–Kier alpha value is -5.15. The molecule has 0 bridgehead atoms. The monoisotopic (exact) mass is 647 g/mol. The molecule has 3 heterocycles. The van der Waals surface area contributed by atoms with Crippen molar-refractivity contribution in [3.63, 3.8) is 0 Å². The molecule has 2 amide bonds. The molecule has 2 aromatic carbocycles. The second kappa shape index (κ2) is 12.7. The fraction of sp³-hybridized carbons (Fsp3) is 0.300. The summed E-state index contributed by atoms with van der Waals surface area (Å²) in [4.78, 5) is 37.2. The second-order valence-electron chi connectivity index (χ2n) is 10.5. The Labute approximate surface area is 258 Å². The van der Waals surface area contributed by atoms with Crippen LogP contribution in [-0.2, 0) is 17.5 Å². The van der Waals surface area contributed by atoms with Gasteiger partial charge in [-0.3, -0.25) is 9.59 Å². The number of nitrogens with zero attached hydrogens (tertiary/aromatic N) is 5. The molecule has 2 aliphatic heterocycles. The molecule has 1 fully saturated rings. The highest BCUT2D eigenvalue weighted by Gasteiger charge is 2.44. The molecule has 1 saturated heterocycles. The van der Waals surface area contributed by atoms with E-state index in [-0.39, 0.29) is 62.5 Å². The summed E-state index contributed by atoms with van der Waals surface area (Å²) in [5, 5.41) is 7.72. The van der Waals surface area contributed by atoms with E-state index >= 15 is 0 Å². The zero-order valence-corrected chi connectivity index (χ0v) is 24.0. The molecule has 3 aromatic rings. The number of piperazine rings is 1. The van der Waals surface area contributed by atoms with Gasteiger partial charge in [0.1, 0.15) is 17.9 Å². The van der Waals surface area contributed by atoms with E-state index in [4.69, 9.17) is 15.9 Å². The van der Waals surface area contributed by atoms with Crippen molar-refractivity contribution >= 4 is 24.0 Å². The van der Waals surface area contributed by atoms with Gasteiger partial charge in [-0.2, -0.15) is 26.3 Å². The zero-order valence-electron chi connectivity index (χ0n) is 24.0. The number of carbonyl (C=O) groups excluding carboxylic acids is 2. The van der Waals surface area contributed by atoms with Gasteiger partial charge in [0.25, 0.3) is 11.8 Å². The van der Waals surface area contributed by atoms with Crippen molar-refractivity contribution in [1.29, 1.82) is 5.41 Å². The number of amides is 2. The van der Waals surface area contributed by atoms with Gasteiger partial charge in [0.2, 0.25) is 5.95 Å². The number of primary amides is 1. The number of nitrogens with one attached hydrogen (secondary N) is 1. The molecule has 0 spiro atoms. The maximum absolute atomic E-state index is 13.8. The Morgan fingerprint density at radius 2 is 1.65 bits per heavy atom. The minimum Gasteiger partial charge on any atom is -0.491 e. The first-order valence-electron chi connectivity index (χ1n) is 13.9. The summed E-state index contributed by atoms with van der Waals surface area (Å²) in [6, 6.07) is 12.3. The Kier molecular flexibility index (Phi) is 8.90. The molecular weight excluding hydrogens is 620 g/mol. The van der Waals surface area contributed by atoms with Gasteiger partial charge in [0.15, 0.2) is 0 Å². The Bertz CT molecular complexity index is 1650. The van der Waals surface area contributed by atoms with E-state index in [2.05, 4.69) is 9.97 Å². The van der Waals surface area contributed by atoms with E-state index in [0.717, 1.165) is 0 Å². The van der Waals surface area contributed by atoms with Crippen LogP contribution >= 0.6 is 0 Å². The molecule has 0 aliphatic carbocycles. The summed E-state index contributed by atoms with van der Waals surface area (Å²) in [7, 11) is 0. The number of rotatable bonds is 8. The number of nitrogens with two attached hydrogens (primary N) is 1. The number of ether oxygens (including phenoxy) is 1. The van der Waals surface area contributed by atoms with Crippen molar-refractivity contribution in [2.75, 3.05) is 37.7 Å². The van der Waals surface area contributed by atoms with E-state index in [0.29, 0.717) is 29.7 Å². The quantitative estimate of drug-likeness (QED) is 0.212. The van der Waals surface area contributed by atoms with Gasteiger partial charge < -0.3 is 30.6 Å². The van der Waals surface area contributed by atoms with Crippen molar-refractivity contribution in [3.8, 4) is 5.75 Å². The molecule has 0 radical (unpaired) electrons. The molecule has 1 atom stereocenters. The maximum atomic E-state index is 13.8. The first kappa shape index (κ1) is 32.2. The van der Waals surface area contributed by atoms with Crippen molar-refractivity contribution in [1.82, 2.24) is 19.8 Å². The lowest BCUT2D eigenvalue weighted by atomic mass is 10.1. The van der Waals surface area contributed by atoms with Gasteiger partial charge in [-0.15, -0.1) is 0 Å². The molecule has 10 nitrogen and oxygen atoms in total. The van der Waals surface area contributed by atoms with E-state index < -0.39 is 41.1 Å². The molecule has 16 heteroatoms. The SMILES string of the molecule is N=C/C(=C(\C(N)=O)C(F)(F)F)N1Cc2ccccc2C1COc1cccc(C(=O)N2CCN(c3ncc(C(F)(F)F)cn3)CC2)c1. The number of halogens is 6. The summed E-state index contributed by atoms with van der Waals surface area (Å²) >= 11 is 0. The van der Waals surface area contributed by atoms with Crippen molar-refractivity contribution < 1.29 is 40.7 Å². The minimum absolute atomic E-state index is 0.0240. The van der Waals surface area contributed by atoms with Crippen LogP contribution in [0.25, 0.3) is 0 Å². The summed E-state index contributed by atoms with van der Waals surface area (Å²) in [5.41, 5.74) is 3.42. The molecule has 1 aromatic heterocycles. The van der Waals surface area contributed by atoms with E-state index in [1.807, 2.05) is 0 Å². The lowest BCUT2D eigenvalue weighted by molar-refractivity contribution is -0.138. The first-order chi connectivity index (χ1) is 21.8. The Morgan fingerprint density at radius 3 is 2.26 bits per heavy atom. The second-order valence-corrected chi connectivity index (χ2v) is 10.5. The topological polar surface area (TPSA) is 129 Å². The summed E-state index contributed by atoms with van der Waals surface area (Å²) in [6.07, 6.45) is -7.77. The van der Waals surface area contributed by atoms with Crippen molar-refractivity contribution in [2.24, 2.45) is 5.73 Å². The highest BCUT2D eigenvalue weighted by Crippen LogP contribution is 2.40. The Balaban J connectivity index is 1.28. The third-order valence-electron chi connectivity index (χ3n) is 7.67. The van der Waals surface area contributed by atoms with Crippen LogP contribution < -0.4 is 15.4 Å². The molecule has 46 heavy (non-hydrogen) atoms. The number of anilines is 1. The number of hydrogen-bond acceptors (Lipinski definition) is 8. The van der Waals surface area contributed by atoms with Crippen LogP contribution in [0.3, 0.4) is 0 Å². The van der Waals surface area contributed by atoms with Crippen LogP contribution in [0.1, 0.15) is 33.1 Å². The number of aromatic nitrogens is 2. The highest BCUT2D eigenvalue weighted by atomic mass is 19.4. The fourth-order valence-electron chi connectivity index (χ4n) is 5.42. The molecule has 3 N–H and O–H groups in total. The summed E-state index contributed by atoms with van der Waals surface area (Å²) in [5.74, 6) is -1.65. The van der Waals surface area contributed by atoms with Gasteiger partial charge in [0, 0.05) is 56.9 Å². The van der Waals surface area contributed by atoms with Crippen LogP contribution in [-0.4, -0.2) is 76.8 Å². The van der Waals surface area contributed by atoms with Gasteiger partial charge in [-0.25, -0.2) is 9.97 Å². The lowest BCUT2D eigenvalue weighted by Gasteiger charge is -2.34. The molecular formula is C30H27F6N7O3. The highest BCUT2D eigenvalue weighted by molar-refractivity contribution is 5.99. The molecule has 2 aliphatic rings. The Morgan fingerprint density at radius 1 is 0.978 bits per heavy atom. The van der Waals surface area contributed by atoms with E-state index in [9.17, 15) is 35.9 Å². The van der Waals surface area contributed by atoms with Crippen LogP contribution in [0.2, 0.25) is 0 Å². The number of hydrogen-bond donors (Lipinski definition) is 2. The smallest absolute Gasteiger partial charge is 0.423 e. The standard InChI is InChI=1S/C30H27F6N7O3/c31-29(32,33)20-14-39-28(40-15-20)42-10-8-41(9-11-42)27(45)18-5-3-6-21(12-18)46-17-24-22-7-2-1-4-19(22)16-43(24)23(13-37)25(26(38)44)30(34,35)36/h1-7,12-15,24,37H,8-11,16-17H2,(H2,38,44)/b25-23-,37-13?. The third-order valence-corrected chi connectivity index (χ3v) is 7.67. The third kappa shape index (κ3) is 6.74. The van der Waals surface area contributed by atoms with Crippen LogP contribution in [0, 0.1) is 5.41 Å². The zero-order chi connectivity index (χ0) is 33.2. The molecule has 1 unspecified atom stereocenters. The maximum Gasteiger partial charge on any atom is 0.423 e. The normalized spacial score (nSPS) is 17.3. The molecule has 0 saturated carbocycles. The number of alkyl halides is 6. The largest absolute Gasteiger partial charge is 0.491 e. The van der Waals surface area contributed by atoms with E-state index in [1.165, 1.54) is 11.0 Å². The predicted molar refractivity (Wildman–Crippen MR) is 153 cm³/mol. The van der Waals surface area contributed by atoms with Gasteiger partial charge >= 0.3 is 12.4 Å². The fourth-order valence-corrected chi connectivity index (χ4v) is 5.42. The van der Waals surface area contributed by atoms with Crippen molar-refractivity contribution in [3.05, 3.63) is 94.4 Å². The van der Waals surface area contributed by atoms with Crippen LogP contribution in [0.5, 0.6) is 5.75 Å². The average Bonchev–Trinajstić information content (AvgIpc) is 3.39. The number of allylic oxidation sites excluding steroid dienone is 1. The lowest BCUT2D eigenvalue weighted by Crippen LogP contribution is -2.49. The van der Waals surface area contributed by atoms with E-state index in [1.54, 1.807) is 52.3 Å². The van der Waals surface area contributed by atoms with Gasteiger partial charge in [0.05, 0.1) is 17.3 Å². The first-order valence-corrected chi connectivity index (χ1v) is 13.9. The van der Waals surface area contributed by atoms with Gasteiger partial charge in [-0.05, 0) is 29.3 Å². The minimum atomic E-state index is -5.09. The number of fused-ring (bicyclic) bond motifs is 1. The predicted octanol–water partition coefficient (Wildman–Crippen LogP) is 4.34.